The van der Waals surface area contributed by atoms with Crippen LogP contribution in [0.2, 0.25) is 0 Å². The highest BCUT2D eigenvalue weighted by atomic mass is 16.2. The van der Waals surface area contributed by atoms with E-state index in [4.69, 9.17) is 0 Å². The summed E-state index contributed by atoms with van der Waals surface area (Å²) in [7, 11) is 3.42. The molecule has 0 spiro atoms. The van der Waals surface area contributed by atoms with Crippen molar-refractivity contribution in [3.05, 3.63) is 53.3 Å². The van der Waals surface area contributed by atoms with E-state index in [-0.39, 0.29) is 11.8 Å². The molecule has 0 unspecified atom stereocenters. The molecule has 1 aromatic heterocycles. The third kappa shape index (κ3) is 4.07. The molecule has 1 aliphatic heterocycles. The molecule has 25 heavy (non-hydrogen) atoms. The molecule has 0 bridgehead atoms. The lowest BCUT2D eigenvalue weighted by Gasteiger charge is -2.27. The number of aryl methyl sites for hydroxylation is 1. The van der Waals surface area contributed by atoms with Gasteiger partial charge in [0.25, 0.3) is 5.91 Å². The zero-order valence-electron chi connectivity index (χ0n) is 14.8. The maximum absolute atomic E-state index is 12.5. The Morgan fingerprint density at radius 2 is 1.92 bits per heavy atom. The van der Waals surface area contributed by atoms with Crippen LogP contribution < -0.4 is 0 Å². The monoisotopic (exact) mass is 340 g/mol. The zero-order chi connectivity index (χ0) is 17.8. The summed E-state index contributed by atoms with van der Waals surface area (Å²) < 4.78 is 1.84. The maximum atomic E-state index is 12.5. The fraction of sp³-hybridized carbons (Fsp3) is 0.421. The third-order valence-corrected chi connectivity index (χ3v) is 4.47. The summed E-state index contributed by atoms with van der Waals surface area (Å²) >= 11 is 0. The van der Waals surface area contributed by atoms with Gasteiger partial charge < -0.3 is 9.80 Å². The van der Waals surface area contributed by atoms with Gasteiger partial charge in [-0.05, 0) is 24.5 Å². The van der Waals surface area contributed by atoms with Crippen molar-refractivity contribution in [2.45, 2.75) is 32.4 Å². The molecule has 0 N–H and O–H groups in total. The average Bonchev–Trinajstić information content (AvgIpc) is 3.04. The molecule has 6 nitrogen and oxygen atoms in total. The molecule has 0 saturated carbocycles. The number of carbonyl (C=O) groups is 2. The van der Waals surface area contributed by atoms with E-state index >= 15 is 0 Å². The Morgan fingerprint density at radius 3 is 2.64 bits per heavy atom. The fourth-order valence-corrected chi connectivity index (χ4v) is 3.06. The van der Waals surface area contributed by atoms with Crippen molar-refractivity contribution >= 4 is 11.8 Å². The van der Waals surface area contributed by atoms with E-state index < -0.39 is 0 Å². The van der Waals surface area contributed by atoms with Crippen molar-refractivity contribution in [3.63, 3.8) is 0 Å². The van der Waals surface area contributed by atoms with E-state index in [2.05, 4.69) is 17.2 Å². The summed E-state index contributed by atoms with van der Waals surface area (Å²) in [6, 6.07) is 12.0. The first-order valence-electron chi connectivity index (χ1n) is 8.64. The second-order valence-electron chi connectivity index (χ2n) is 6.60. The van der Waals surface area contributed by atoms with Crippen LogP contribution in [0.15, 0.2) is 36.4 Å². The number of hydrogen-bond acceptors (Lipinski definition) is 3. The van der Waals surface area contributed by atoms with Crippen LogP contribution in [0, 0.1) is 0 Å². The van der Waals surface area contributed by atoms with E-state index in [0.29, 0.717) is 31.7 Å². The van der Waals surface area contributed by atoms with Gasteiger partial charge in [-0.15, -0.1) is 0 Å². The minimum atomic E-state index is -0.109. The van der Waals surface area contributed by atoms with Crippen molar-refractivity contribution in [2.24, 2.45) is 0 Å². The van der Waals surface area contributed by atoms with Gasteiger partial charge in [-0.3, -0.25) is 14.3 Å². The predicted molar refractivity (Wildman–Crippen MR) is 95.0 cm³/mol. The standard InChI is InChI=1S/C19H24N4O2/c1-21(2)19(25)17-13-16-14-22(11-12-23(16)20-17)18(24)10-6-9-15-7-4-3-5-8-15/h3-5,7-8,13H,6,9-12,14H2,1-2H3. The SMILES string of the molecule is CN(C)C(=O)c1cc2n(n1)CCN(C(=O)CCCc1ccccc1)C2. The lowest BCUT2D eigenvalue weighted by atomic mass is 10.1. The first kappa shape index (κ1) is 17.2. The van der Waals surface area contributed by atoms with E-state index in [9.17, 15) is 9.59 Å². The summed E-state index contributed by atoms with van der Waals surface area (Å²) in [6.45, 7) is 1.81. The van der Waals surface area contributed by atoms with Gasteiger partial charge in [0.05, 0.1) is 18.8 Å². The van der Waals surface area contributed by atoms with Crippen LogP contribution in [0.5, 0.6) is 0 Å². The fourth-order valence-electron chi connectivity index (χ4n) is 3.06. The van der Waals surface area contributed by atoms with Crippen molar-refractivity contribution in [1.82, 2.24) is 19.6 Å². The minimum Gasteiger partial charge on any atom is -0.343 e. The molecule has 0 aliphatic carbocycles. The van der Waals surface area contributed by atoms with Crippen molar-refractivity contribution in [1.29, 1.82) is 0 Å². The molecule has 2 amide bonds. The molecule has 2 heterocycles. The van der Waals surface area contributed by atoms with E-state index in [1.54, 1.807) is 20.2 Å². The highest BCUT2D eigenvalue weighted by Gasteiger charge is 2.24. The Labute approximate surface area is 148 Å². The molecule has 6 heteroatoms. The Morgan fingerprint density at radius 1 is 1.16 bits per heavy atom. The first-order chi connectivity index (χ1) is 12.0. The first-order valence-corrected chi connectivity index (χ1v) is 8.64. The average molecular weight is 340 g/mol. The number of benzene rings is 1. The van der Waals surface area contributed by atoms with E-state index in [1.807, 2.05) is 27.8 Å². The van der Waals surface area contributed by atoms with E-state index in [1.165, 1.54) is 10.5 Å². The van der Waals surface area contributed by atoms with Gasteiger partial charge in [0, 0.05) is 27.1 Å². The van der Waals surface area contributed by atoms with Crippen LogP contribution in [0.1, 0.15) is 34.6 Å². The summed E-state index contributed by atoms with van der Waals surface area (Å²) in [6.07, 6.45) is 2.31. The van der Waals surface area contributed by atoms with Gasteiger partial charge >= 0.3 is 0 Å². The van der Waals surface area contributed by atoms with Gasteiger partial charge in [-0.2, -0.15) is 5.10 Å². The highest BCUT2D eigenvalue weighted by Crippen LogP contribution is 2.16. The van der Waals surface area contributed by atoms with E-state index in [0.717, 1.165) is 18.5 Å². The normalized spacial score (nSPS) is 13.4. The molecule has 1 aliphatic rings. The van der Waals surface area contributed by atoms with Crippen molar-refractivity contribution < 1.29 is 9.59 Å². The number of fused-ring (bicyclic) bond motifs is 1. The van der Waals surface area contributed by atoms with Gasteiger partial charge in [0.2, 0.25) is 5.91 Å². The van der Waals surface area contributed by atoms with Crippen LogP contribution in [0.3, 0.4) is 0 Å². The number of nitrogens with zero attached hydrogens (tertiary/aromatic N) is 4. The molecular weight excluding hydrogens is 316 g/mol. The van der Waals surface area contributed by atoms with Crippen molar-refractivity contribution in [2.75, 3.05) is 20.6 Å². The number of amides is 2. The van der Waals surface area contributed by atoms with Crippen LogP contribution in [0.4, 0.5) is 0 Å². The van der Waals surface area contributed by atoms with Crippen LogP contribution in [0.25, 0.3) is 0 Å². The molecule has 2 aromatic rings. The Hall–Kier alpha value is -2.63. The summed E-state index contributed by atoms with van der Waals surface area (Å²) in [5.41, 5.74) is 2.63. The number of aromatic nitrogens is 2. The molecule has 1 aromatic carbocycles. The van der Waals surface area contributed by atoms with Gasteiger partial charge in [-0.25, -0.2) is 0 Å². The van der Waals surface area contributed by atoms with Crippen LogP contribution >= 0.6 is 0 Å². The molecule has 0 atom stereocenters. The summed E-state index contributed by atoms with van der Waals surface area (Å²) in [5, 5.41) is 4.36. The van der Waals surface area contributed by atoms with Crippen molar-refractivity contribution in [3.8, 4) is 0 Å². The predicted octanol–water partition coefficient (Wildman–Crippen LogP) is 1.95. The van der Waals surface area contributed by atoms with Gasteiger partial charge in [-0.1, -0.05) is 30.3 Å². The second kappa shape index (κ2) is 7.51. The van der Waals surface area contributed by atoms with Gasteiger partial charge in [0.1, 0.15) is 0 Å². The Balaban J connectivity index is 1.55. The molecule has 132 valence electrons. The highest BCUT2D eigenvalue weighted by molar-refractivity contribution is 5.92. The maximum Gasteiger partial charge on any atom is 0.273 e. The number of hydrogen-bond donors (Lipinski definition) is 0. The summed E-state index contributed by atoms with van der Waals surface area (Å²) in [5.74, 6) is 0.0616. The molecule has 0 radical (unpaired) electrons. The minimum absolute atomic E-state index is 0.109. The van der Waals surface area contributed by atoms with Crippen LogP contribution in [-0.4, -0.2) is 52.0 Å². The number of rotatable bonds is 5. The molecular formula is C19H24N4O2. The molecule has 0 saturated heterocycles. The smallest absolute Gasteiger partial charge is 0.273 e. The topological polar surface area (TPSA) is 58.4 Å². The third-order valence-electron chi connectivity index (χ3n) is 4.47. The summed E-state index contributed by atoms with van der Waals surface area (Å²) in [4.78, 5) is 27.9. The lowest BCUT2D eigenvalue weighted by molar-refractivity contribution is -0.132. The lowest BCUT2D eigenvalue weighted by Crippen LogP contribution is -2.38. The largest absolute Gasteiger partial charge is 0.343 e. The number of carbonyl (C=O) groups excluding carboxylic acids is 2. The van der Waals surface area contributed by atoms with Gasteiger partial charge in [0.15, 0.2) is 5.69 Å². The zero-order valence-corrected chi connectivity index (χ0v) is 14.8. The Kier molecular flexibility index (Phi) is 5.16. The molecule has 0 fully saturated rings. The second-order valence-corrected chi connectivity index (χ2v) is 6.60. The molecule has 3 rings (SSSR count). The Bertz CT molecular complexity index is 752. The van der Waals surface area contributed by atoms with Crippen LogP contribution in [-0.2, 0) is 24.3 Å². The quantitative estimate of drug-likeness (QED) is 0.836.